The van der Waals surface area contributed by atoms with E-state index in [1.807, 2.05) is 43.0 Å². The Morgan fingerprint density at radius 1 is 0.538 bits per heavy atom. The third-order valence-corrected chi connectivity index (χ3v) is 8.20. The zero-order valence-electron chi connectivity index (χ0n) is 19.9. The molecule has 0 radical (unpaired) electrons. The van der Waals surface area contributed by atoms with Gasteiger partial charge in [-0.15, -0.1) is 11.3 Å². The molecule has 0 atom stereocenters. The van der Waals surface area contributed by atoms with Crippen molar-refractivity contribution in [3.8, 4) is 22.5 Å². The van der Waals surface area contributed by atoms with E-state index in [1.54, 1.807) is 48.6 Å². The van der Waals surface area contributed by atoms with Crippen LogP contribution in [0.4, 0.5) is 0 Å². The van der Waals surface area contributed by atoms with Gasteiger partial charge in [0.1, 0.15) is 16.7 Å². The SMILES string of the molecule is c1cc2c(cn1)oc1cnc(-c3cncc4c3oc3cnc(-c5cncc6c5sc5ncncc56)cc34)cc12. The van der Waals surface area contributed by atoms with E-state index < -0.39 is 0 Å². The molecule has 0 saturated heterocycles. The van der Waals surface area contributed by atoms with Gasteiger partial charge in [-0.25, -0.2) is 9.97 Å². The third-order valence-electron chi connectivity index (χ3n) is 7.04. The first-order chi connectivity index (χ1) is 19.3. The Morgan fingerprint density at radius 3 is 2.15 bits per heavy atom. The molecule has 0 unspecified atom stereocenters. The summed E-state index contributed by atoms with van der Waals surface area (Å²) in [5.74, 6) is 0. The zero-order chi connectivity index (χ0) is 25.5. The summed E-state index contributed by atoms with van der Waals surface area (Å²) in [5.41, 5.74) is 6.07. The van der Waals surface area contributed by atoms with E-state index in [-0.39, 0.29) is 0 Å². The predicted octanol–water partition coefficient (Wildman–Crippen LogP) is 6.95. The van der Waals surface area contributed by atoms with Gasteiger partial charge >= 0.3 is 0 Å². The van der Waals surface area contributed by atoms with Crippen molar-refractivity contribution in [3.05, 3.63) is 80.3 Å². The molecule has 0 N–H and O–H groups in total. The van der Waals surface area contributed by atoms with Crippen LogP contribution in [0, 0.1) is 0 Å². The number of pyridine rings is 5. The first-order valence-corrected chi connectivity index (χ1v) is 12.9. The standard InChI is InChI=1S/C29H13N7O2S/c1-2-30-10-24-14(1)15-3-22(34-11-25(15)37-24)20-8-31-5-17-16-4-23(35-12-26(16)38-27(17)20)21-9-32-6-18-19-7-33-13-36-29(19)39-28(18)21/h1-13H. The van der Waals surface area contributed by atoms with Crippen molar-refractivity contribution in [2.24, 2.45) is 0 Å². The fraction of sp³-hybridized carbons (Fsp3) is 0. The van der Waals surface area contributed by atoms with Crippen LogP contribution in [0.1, 0.15) is 0 Å². The maximum atomic E-state index is 6.34. The van der Waals surface area contributed by atoms with Gasteiger partial charge in [0.2, 0.25) is 0 Å². The van der Waals surface area contributed by atoms with Gasteiger partial charge in [-0.05, 0) is 18.2 Å². The van der Waals surface area contributed by atoms with E-state index >= 15 is 0 Å². The Balaban J connectivity index is 1.25. The van der Waals surface area contributed by atoms with E-state index in [2.05, 4.69) is 29.9 Å². The molecular weight excluding hydrogens is 510 g/mol. The molecule has 0 saturated carbocycles. The Morgan fingerprint density at radius 2 is 1.26 bits per heavy atom. The molecule has 39 heavy (non-hydrogen) atoms. The molecule has 0 spiro atoms. The van der Waals surface area contributed by atoms with Crippen molar-refractivity contribution in [1.82, 2.24) is 34.9 Å². The number of hydrogen-bond acceptors (Lipinski definition) is 10. The van der Waals surface area contributed by atoms with Crippen molar-refractivity contribution in [2.45, 2.75) is 0 Å². The van der Waals surface area contributed by atoms with Gasteiger partial charge in [0, 0.05) is 79.8 Å². The summed E-state index contributed by atoms with van der Waals surface area (Å²) in [5, 5.41) is 5.75. The summed E-state index contributed by atoms with van der Waals surface area (Å²) in [7, 11) is 0. The van der Waals surface area contributed by atoms with Crippen LogP contribution in [-0.4, -0.2) is 34.9 Å². The molecular formula is C29H13N7O2S. The van der Waals surface area contributed by atoms with Crippen LogP contribution in [0.15, 0.2) is 89.1 Å². The summed E-state index contributed by atoms with van der Waals surface area (Å²) < 4.78 is 13.3. The van der Waals surface area contributed by atoms with Crippen LogP contribution in [0.3, 0.4) is 0 Å². The van der Waals surface area contributed by atoms with Gasteiger partial charge in [-0.1, -0.05) is 0 Å². The second kappa shape index (κ2) is 7.59. The van der Waals surface area contributed by atoms with Crippen molar-refractivity contribution in [2.75, 3.05) is 0 Å². The molecule has 182 valence electrons. The van der Waals surface area contributed by atoms with Crippen molar-refractivity contribution < 1.29 is 8.83 Å². The molecule has 0 aromatic carbocycles. The fourth-order valence-electron chi connectivity index (χ4n) is 5.22. The lowest BCUT2D eigenvalue weighted by Gasteiger charge is -2.02. The Labute approximate surface area is 221 Å². The van der Waals surface area contributed by atoms with Crippen LogP contribution in [0.25, 0.3) is 86.7 Å². The number of hydrogen-bond donors (Lipinski definition) is 0. The highest BCUT2D eigenvalue weighted by atomic mass is 32.1. The van der Waals surface area contributed by atoms with Gasteiger partial charge in [-0.2, -0.15) is 0 Å². The summed E-state index contributed by atoms with van der Waals surface area (Å²) >= 11 is 1.61. The second-order valence-corrected chi connectivity index (χ2v) is 10.2. The molecule has 0 aliphatic rings. The number of fused-ring (bicyclic) bond motifs is 9. The number of rotatable bonds is 2. The summed E-state index contributed by atoms with van der Waals surface area (Å²) in [4.78, 5) is 32.1. The van der Waals surface area contributed by atoms with E-state index in [1.165, 1.54) is 0 Å². The lowest BCUT2D eigenvalue weighted by molar-refractivity contribution is 0.664. The Bertz CT molecular complexity index is 2420. The maximum absolute atomic E-state index is 6.34. The first kappa shape index (κ1) is 20.7. The van der Waals surface area contributed by atoms with E-state index in [9.17, 15) is 0 Å². The highest BCUT2D eigenvalue weighted by Crippen LogP contribution is 2.40. The molecule has 9 heterocycles. The van der Waals surface area contributed by atoms with Crippen LogP contribution in [-0.2, 0) is 0 Å². The van der Waals surface area contributed by atoms with Gasteiger partial charge < -0.3 is 8.83 Å². The predicted molar refractivity (Wildman–Crippen MR) is 149 cm³/mol. The van der Waals surface area contributed by atoms with Crippen LogP contribution in [0.5, 0.6) is 0 Å². The molecule has 9 nitrogen and oxygen atoms in total. The molecule has 0 amide bonds. The van der Waals surface area contributed by atoms with E-state index in [0.717, 1.165) is 69.9 Å². The van der Waals surface area contributed by atoms with Gasteiger partial charge in [-0.3, -0.25) is 24.9 Å². The highest BCUT2D eigenvalue weighted by molar-refractivity contribution is 7.26. The average molecular weight is 524 g/mol. The number of aromatic nitrogens is 7. The number of furan rings is 2. The monoisotopic (exact) mass is 523 g/mol. The summed E-state index contributed by atoms with van der Waals surface area (Å²) in [6.45, 7) is 0. The third kappa shape index (κ3) is 2.91. The molecule has 0 aliphatic carbocycles. The summed E-state index contributed by atoms with van der Waals surface area (Å²) in [6, 6.07) is 5.98. The molecule has 0 fully saturated rings. The van der Waals surface area contributed by atoms with Crippen molar-refractivity contribution in [3.63, 3.8) is 0 Å². The van der Waals surface area contributed by atoms with Crippen LogP contribution < -0.4 is 0 Å². The van der Waals surface area contributed by atoms with E-state index in [4.69, 9.17) is 13.8 Å². The quantitative estimate of drug-likeness (QED) is 0.237. The number of thiophene rings is 1. The smallest absolute Gasteiger partial charge is 0.153 e. The number of nitrogens with zero attached hydrogens (tertiary/aromatic N) is 7. The second-order valence-electron chi connectivity index (χ2n) is 9.18. The maximum Gasteiger partial charge on any atom is 0.153 e. The minimum absolute atomic E-state index is 0.672. The normalized spacial score (nSPS) is 12.1. The topological polar surface area (TPSA) is 117 Å². The molecule has 0 bridgehead atoms. The lowest BCUT2D eigenvalue weighted by atomic mass is 10.1. The van der Waals surface area contributed by atoms with E-state index in [0.29, 0.717) is 16.7 Å². The molecule has 0 aliphatic heterocycles. The fourth-order valence-corrected chi connectivity index (χ4v) is 6.33. The largest absolute Gasteiger partial charge is 0.454 e. The van der Waals surface area contributed by atoms with Gasteiger partial charge in [0.15, 0.2) is 16.7 Å². The minimum atomic E-state index is 0.672. The molecule has 10 heteroatoms. The van der Waals surface area contributed by atoms with Gasteiger partial charge in [0.05, 0.1) is 35.5 Å². The summed E-state index contributed by atoms with van der Waals surface area (Å²) in [6.07, 6.45) is 17.6. The Hall–Kier alpha value is -5.35. The minimum Gasteiger partial charge on any atom is -0.454 e. The van der Waals surface area contributed by atoms with Crippen LogP contribution >= 0.6 is 11.3 Å². The molecule has 9 rings (SSSR count). The molecule has 9 aromatic heterocycles. The lowest BCUT2D eigenvalue weighted by Crippen LogP contribution is -1.86. The average Bonchev–Trinajstić information content (AvgIpc) is 3.67. The van der Waals surface area contributed by atoms with Crippen molar-refractivity contribution in [1.29, 1.82) is 0 Å². The van der Waals surface area contributed by atoms with Crippen LogP contribution in [0.2, 0.25) is 0 Å². The van der Waals surface area contributed by atoms with Gasteiger partial charge in [0.25, 0.3) is 0 Å². The zero-order valence-corrected chi connectivity index (χ0v) is 20.7. The Kier molecular flexibility index (Phi) is 4.02. The van der Waals surface area contributed by atoms with Crippen molar-refractivity contribution >= 4 is 75.5 Å². The molecule has 9 aromatic rings. The highest BCUT2D eigenvalue weighted by Gasteiger charge is 2.18. The first-order valence-electron chi connectivity index (χ1n) is 12.1.